The number of carbonyl (C=O) groups is 2. The van der Waals surface area contributed by atoms with Crippen LogP contribution >= 0.6 is 0 Å². The number of carbonyl (C=O) groups excluding carboxylic acids is 2. The van der Waals surface area contributed by atoms with Crippen LogP contribution in [0.15, 0.2) is 72.8 Å². The molecule has 168 valence electrons. The third-order valence-electron chi connectivity index (χ3n) is 5.90. The van der Waals surface area contributed by atoms with Gasteiger partial charge in [0.05, 0.1) is 0 Å². The number of benzene rings is 3. The lowest BCUT2D eigenvalue weighted by atomic mass is 9.99. The molecule has 4 rings (SSSR count). The number of amides is 2. The van der Waals surface area contributed by atoms with E-state index in [9.17, 15) is 9.59 Å². The minimum Gasteiger partial charge on any atom is -0.331 e. The van der Waals surface area contributed by atoms with Crippen molar-refractivity contribution in [3.05, 3.63) is 106 Å². The SMILES string of the molecule is Cc1ccc(C=C(C(=O)N(Cc2ccc(C(=O)NO)cc2)C2CC2)c2ccc(C)cc2)cc1. The first-order valence-corrected chi connectivity index (χ1v) is 11.1. The Hall–Kier alpha value is -3.70. The molecule has 0 saturated heterocycles. The van der Waals surface area contributed by atoms with Crippen molar-refractivity contribution in [3.8, 4) is 0 Å². The van der Waals surface area contributed by atoms with Gasteiger partial charge in [0, 0.05) is 23.7 Å². The van der Waals surface area contributed by atoms with Crippen LogP contribution in [0.25, 0.3) is 11.6 Å². The summed E-state index contributed by atoms with van der Waals surface area (Å²) in [4.78, 5) is 27.4. The average Bonchev–Trinajstić information content (AvgIpc) is 3.68. The van der Waals surface area contributed by atoms with Gasteiger partial charge in [-0.25, -0.2) is 5.48 Å². The van der Waals surface area contributed by atoms with Crippen molar-refractivity contribution in [2.24, 2.45) is 0 Å². The van der Waals surface area contributed by atoms with Crippen molar-refractivity contribution >= 4 is 23.5 Å². The molecule has 3 aromatic rings. The summed E-state index contributed by atoms with van der Waals surface area (Å²) in [5.74, 6) is -0.557. The summed E-state index contributed by atoms with van der Waals surface area (Å²) in [6, 6.07) is 23.4. The second-order valence-corrected chi connectivity index (χ2v) is 8.64. The fraction of sp³-hybridized carbons (Fsp3) is 0.214. The fourth-order valence-electron chi connectivity index (χ4n) is 3.76. The van der Waals surface area contributed by atoms with Crippen LogP contribution < -0.4 is 5.48 Å². The van der Waals surface area contributed by atoms with Gasteiger partial charge >= 0.3 is 0 Å². The molecule has 5 nitrogen and oxygen atoms in total. The molecule has 2 N–H and O–H groups in total. The fourth-order valence-corrected chi connectivity index (χ4v) is 3.76. The lowest BCUT2D eigenvalue weighted by molar-refractivity contribution is -0.126. The Morgan fingerprint density at radius 2 is 1.42 bits per heavy atom. The quantitative estimate of drug-likeness (QED) is 0.231. The highest BCUT2D eigenvalue weighted by Crippen LogP contribution is 2.32. The summed E-state index contributed by atoms with van der Waals surface area (Å²) in [6.07, 6.45) is 3.95. The Morgan fingerprint density at radius 1 is 0.879 bits per heavy atom. The van der Waals surface area contributed by atoms with Crippen LogP contribution in [0.1, 0.15) is 51.0 Å². The van der Waals surface area contributed by atoms with Crippen molar-refractivity contribution in [2.45, 2.75) is 39.3 Å². The van der Waals surface area contributed by atoms with Crippen molar-refractivity contribution in [2.75, 3.05) is 0 Å². The second-order valence-electron chi connectivity index (χ2n) is 8.64. The Bertz CT molecular complexity index is 1160. The highest BCUT2D eigenvalue weighted by atomic mass is 16.5. The predicted molar refractivity (Wildman–Crippen MR) is 129 cm³/mol. The molecule has 33 heavy (non-hydrogen) atoms. The normalized spacial score (nSPS) is 13.5. The summed E-state index contributed by atoms with van der Waals surface area (Å²) in [5.41, 5.74) is 7.81. The maximum Gasteiger partial charge on any atom is 0.274 e. The van der Waals surface area contributed by atoms with Crippen molar-refractivity contribution < 1.29 is 14.8 Å². The molecule has 1 fully saturated rings. The van der Waals surface area contributed by atoms with E-state index in [2.05, 4.69) is 0 Å². The molecule has 5 heteroatoms. The van der Waals surface area contributed by atoms with E-state index in [-0.39, 0.29) is 11.9 Å². The van der Waals surface area contributed by atoms with Gasteiger partial charge in [0.15, 0.2) is 0 Å². The molecule has 0 aliphatic heterocycles. The van der Waals surface area contributed by atoms with Gasteiger partial charge in [-0.3, -0.25) is 14.8 Å². The molecule has 0 spiro atoms. The summed E-state index contributed by atoms with van der Waals surface area (Å²) < 4.78 is 0. The number of rotatable bonds is 7. The maximum absolute atomic E-state index is 13.9. The second kappa shape index (κ2) is 9.84. The van der Waals surface area contributed by atoms with Gasteiger partial charge in [-0.2, -0.15) is 0 Å². The summed E-state index contributed by atoms with van der Waals surface area (Å²) in [6.45, 7) is 4.54. The summed E-state index contributed by atoms with van der Waals surface area (Å²) in [7, 11) is 0. The minimum absolute atomic E-state index is 0.000828. The summed E-state index contributed by atoms with van der Waals surface area (Å²) >= 11 is 0. The van der Waals surface area contributed by atoms with Crippen molar-refractivity contribution in [3.63, 3.8) is 0 Å². The van der Waals surface area contributed by atoms with Crippen LogP contribution in [0.5, 0.6) is 0 Å². The zero-order chi connectivity index (χ0) is 23.4. The van der Waals surface area contributed by atoms with E-state index in [1.807, 2.05) is 85.5 Å². The van der Waals surface area contributed by atoms with Gasteiger partial charge in [-0.1, -0.05) is 71.8 Å². The van der Waals surface area contributed by atoms with Gasteiger partial charge in [0.25, 0.3) is 11.8 Å². The molecule has 2 amide bonds. The molecular weight excluding hydrogens is 412 g/mol. The average molecular weight is 441 g/mol. The van der Waals surface area contributed by atoms with Gasteiger partial charge in [0.1, 0.15) is 0 Å². The number of hydrogen-bond donors (Lipinski definition) is 2. The molecule has 3 aromatic carbocycles. The van der Waals surface area contributed by atoms with E-state index < -0.39 is 5.91 Å². The summed E-state index contributed by atoms with van der Waals surface area (Å²) in [5, 5.41) is 8.82. The van der Waals surface area contributed by atoms with Crippen LogP contribution in [0.4, 0.5) is 0 Å². The molecule has 1 aliphatic carbocycles. The number of hydroxylamine groups is 1. The molecule has 0 atom stereocenters. The van der Waals surface area contributed by atoms with Gasteiger partial charge in [0.2, 0.25) is 0 Å². The van der Waals surface area contributed by atoms with Crippen molar-refractivity contribution in [1.29, 1.82) is 0 Å². The van der Waals surface area contributed by atoms with E-state index >= 15 is 0 Å². The lowest BCUT2D eigenvalue weighted by Crippen LogP contribution is -2.33. The maximum atomic E-state index is 13.9. The van der Waals surface area contributed by atoms with Crippen molar-refractivity contribution in [1.82, 2.24) is 10.4 Å². The third-order valence-corrected chi connectivity index (χ3v) is 5.90. The Balaban J connectivity index is 1.66. The van der Waals surface area contributed by atoms with Gasteiger partial charge in [-0.05, 0) is 61.6 Å². The molecule has 0 aromatic heterocycles. The highest BCUT2D eigenvalue weighted by molar-refractivity contribution is 6.24. The minimum atomic E-state index is -0.556. The van der Waals surface area contributed by atoms with E-state index in [0.29, 0.717) is 17.7 Å². The van der Waals surface area contributed by atoms with E-state index in [0.717, 1.165) is 35.1 Å². The monoisotopic (exact) mass is 440 g/mol. The van der Waals surface area contributed by atoms with Crippen LogP contribution in [-0.2, 0) is 11.3 Å². The Kier molecular flexibility index (Phi) is 6.71. The molecule has 0 unspecified atom stereocenters. The first kappa shape index (κ1) is 22.5. The standard InChI is InChI=1S/C28H28N2O3/c1-19-3-7-21(8-4-19)17-26(23-11-5-20(2)6-12-23)28(32)30(25-15-16-25)18-22-9-13-24(14-10-22)27(31)29-33/h3-14,17,25,33H,15-16,18H2,1-2H3,(H,29,31). The number of nitrogens with one attached hydrogen (secondary N) is 1. The van der Waals surface area contributed by atoms with Crippen LogP contribution in [0, 0.1) is 13.8 Å². The Labute approximate surface area is 194 Å². The lowest BCUT2D eigenvalue weighted by Gasteiger charge is -2.24. The molecule has 0 bridgehead atoms. The molecular formula is C28H28N2O3. The number of aryl methyl sites for hydroxylation is 2. The largest absolute Gasteiger partial charge is 0.331 e. The smallest absolute Gasteiger partial charge is 0.274 e. The molecule has 0 radical (unpaired) electrons. The van der Waals surface area contributed by atoms with Gasteiger partial charge < -0.3 is 4.90 Å². The molecule has 0 heterocycles. The predicted octanol–water partition coefficient (Wildman–Crippen LogP) is 5.15. The van der Waals surface area contributed by atoms with E-state index in [1.165, 1.54) is 5.56 Å². The Morgan fingerprint density at radius 3 is 1.97 bits per heavy atom. The molecule has 1 saturated carbocycles. The van der Waals surface area contributed by atoms with E-state index in [1.54, 1.807) is 17.6 Å². The van der Waals surface area contributed by atoms with Crippen LogP contribution in [0.2, 0.25) is 0 Å². The zero-order valence-electron chi connectivity index (χ0n) is 18.9. The topological polar surface area (TPSA) is 69.6 Å². The number of hydrogen-bond acceptors (Lipinski definition) is 3. The van der Waals surface area contributed by atoms with E-state index in [4.69, 9.17) is 5.21 Å². The number of nitrogens with zero attached hydrogens (tertiary/aromatic N) is 1. The zero-order valence-corrected chi connectivity index (χ0v) is 18.9. The van der Waals surface area contributed by atoms with Crippen LogP contribution in [0.3, 0.4) is 0 Å². The first-order valence-electron chi connectivity index (χ1n) is 11.1. The third kappa shape index (κ3) is 5.57. The van der Waals surface area contributed by atoms with Gasteiger partial charge in [-0.15, -0.1) is 0 Å². The first-order chi connectivity index (χ1) is 15.9. The highest BCUT2D eigenvalue weighted by Gasteiger charge is 2.34. The van der Waals surface area contributed by atoms with Crippen LogP contribution in [-0.4, -0.2) is 28.0 Å². The molecule has 1 aliphatic rings.